The van der Waals surface area contributed by atoms with E-state index in [0.29, 0.717) is 21.9 Å². The zero-order valence-electron chi connectivity index (χ0n) is 16.8. The molecule has 1 aliphatic heterocycles. The summed E-state index contributed by atoms with van der Waals surface area (Å²) in [7, 11) is 1.37. The average molecular weight is 429 g/mol. The van der Waals surface area contributed by atoms with Crippen molar-refractivity contribution in [3.63, 3.8) is 0 Å². The van der Waals surface area contributed by atoms with E-state index in [9.17, 15) is 14.9 Å². The van der Waals surface area contributed by atoms with Crippen molar-refractivity contribution in [1.82, 2.24) is 14.7 Å². The van der Waals surface area contributed by atoms with Crippen molar-refractivity contribution in [2.24, 2.45) is 0 Å². The molecule has 31 heavy (non-hydrogen) atoms. The first-order valence-electron chi connectivity index (χ1n) is 9.47. The highest BCUT2D eigenvalue weighted by Crippen LogP contribution is 2.31. The molecule has 0 aliphatic carbocycles. The number of benzene rings is 2. The van der Waals surface area contributed by atoms with Gasteiger partial charge in [-0.2, -0.15) is 10.4 Å². The zero-order valence-corrected chi connectivity index (χ0v) is 17.6. The second kappa shape index (κ2) is 8.05. The SMILES string of the molecule is CC1=C(C#N)C(=O)N(C)C(=O)/C1=C/c1cn(-c2ccccc2)nc1-c1ccc(Cl)cc1. The largest absolute Gasteiger partial charge is 0.277 e. The molecule has 0 atom stereocenters. The maximum absolute atomic E-state index is 12.8. The molecule has 0 fully saturated rings. The van der Waals surface area contributed by atoms with Crippen LogP contribution >= 0.6 is 11.6 Å². The minimum Gasteiger partial charge on any atom is -0.277 e. The van der Waals surface area contributed by atoms with Crippen LogP contribution in [0.15, 0.2) is 77.5 Å². The Morgan fingerprint density at radius 1 is 1.03 bits per heavy atom. The zero-order chi connectivity index (χ0) is 22.1. The second-order valence-electron chi connectivity index (χ2n) is 7.06. The standard InChI is InChI=1S/C24H17ClN4O2/c1-15-20(23(30)28(2)24(31)21(15)13-26)12-17-14-29(19-6-4-3-5-7-19)27-22(17)16-8-10-18(25)11-9-16/h3-12,14H,1-2H3/b20-12+. The second-order valence-corrected chi connectivity index (χ2v) is 7.50. The van der Waals surface area contributed by atoms with E-state index in [1.165, 1.54) is 7.05 Å². The minimum absolute atomic E-state index is 0.0446. The summed E-state index contributed by atoms with van der Waals surface area (Å²) in [6, 6.07) is 18.7. The number of rotatable bonds is 3. The fraction of sp³-hybridized carbons (Fsp3) is 0.0833. The molecule has 0 bridgehead atoms. The number of halogens is 1. The van der Waals surface area contributed by atoms with Crippen molar-refractivity contribution < 1.29 is 9.59 Å². The number of amides is 2. The van der Waals surface area contributed by atoms with Crippen LogP contribution in [0.25, 0.3) is 23.0 Å². The normalized spacial score (nSPS) is 15.5. The first kappa shape index (κ1) is 20.3. The van der Waals surface area contributed by atoms with Gasteiger partial charge in [0.05, 0.1) is 11.4 Å². The fourth-order valence-electron chi connectivity index (χ4n) is 3.39. The number of imide groups is 1. The van der Waals surface area contributed by atoms with E-state index >= 15 is 0 Å². The Bertz CT molecular complexity index is 1300. The first-order chi connectivity index (χ1) is 14.9. The van der Waals surface area contributed by atoms with Crippen molar-refractivity contribution in [2.45, 2.75) is 6.92 Å². The number of nitrogens with zero attached hydrogens (tertiary/aromatic N) is 4. The lowest BCUT2D eigenvalue weighted by Crippen LogP contribution is -2.39. The quantitative estimate of drug-likeness (QED) is 0.457. The molecule has 0 spiro atoms. The number of hydrogen-bond donors (Lipinski definition) is 0. The molecule has 152 valence electrons. The summed E-state index contributed by atoms with van der Waals surface area (Å²) >= 11 is 6.04. The molecule has 4 rings (SSSR count). The van der Waals surface area contributed by atoms with Gasteiger partial charge >= 0.3 is 0 Å². The highest BCUT2D eigenvalue weighted by Gasteiger charge is 2.33. The maximum atomic E-state index is 12.8. The van der Waals surface area contributed by atoms with Crippen molar-refractivity contribution in [3.05, 3.63) is 88.1 Å². The van der Waals surface area contributed by atoms with Crippen LogP contribution in [0.1, 0.15) is 12.5 Å². The van der Waals surface area contributed by atoms with E-state index in [0.717, 1.165) is 16.2 Å². The summed E-state index contributed by atoms with van der Waals surface area (Å²) in [6.07, 6.45) is 3.49. The topological polar surface area (TPSA) is 79.0 Å². The van der Waals surface area contributed by atoms with Gasteiger partial charge in [-0.15, -0.1) is 0 Å². The Balaban J connectivity index is 1.93. The van der Waals surface area contributed by atoms with Crippen LogP contribution in [-0.2, 0) is 9.59 Å². The van der Waals surface area contributed by atoms with Crippen molar-refractivity contribution in [2.75, 3.05) is 7.05 Å². The van der Waals surface area contributed by atoms with E-state index in [1.54, 1.807) is 29.8 Å². The van der Waals surface area contributed by atoms with Crippen molar-refractivity contribution in [3.8, 4) is 23.0 Å². The van der Waals surface area contributed by atoms with E-state index in [1.807, 2.05) is 54.7 Å². The highest BCUT2D eigenvalue weighted by atomic mass is 35.5. The lowest BCUT2D eigenvalue weighted by atomic mass is 9.93. The maximum Gasteiger partial charge on any atom is 0.271 e. The Morgan fingerprint density at radius 2 is 1.71 bits per heavy atom. The van der Waals surface area contributed by atoms with Crippen molar-refractivity contribution >= 4 is 29.5 Å². The third-order valence-corrected chi connectivity index (χ3v) is 5.38. The lowest BCUT2D eigenvalue weighted by Gasteiger charge is -2.23. The van der Waals surface area contributed by atoms with Gasteiger partial charge in [-0.25, -0.2) is 4.68 Å². The number of aromatic nitrogens is 2. The van der Waals surface area contributed by atoms with Crippen LogP contribution in [0.2, 0.25) is 5.02 Å². The molecule has 1 aromatic heterocycles. The average Bonchev–Trinajstić information content (AvgIpc) is 3.21. The van der Waals surface area contributed by atoms with Crippen LogP contribution < -0.4 is 0 Å². The Morgan fingerprint density at radius 3 is 2.35 bits per heavy atom. The lowest BCUT2D eigenvalue weighted by molar-refractivity contribution is -0.138. The van der Waals surface area contributed by atoms with Gasteiger partial charge < -0.3 is 0 Å². The van der Waals surface area contributed by atoms with Gasteiger partial charge in [-0.05, 0) is 42.8 Å². The van der Waals surface area contributed by atoms with Gasteiger partial charge in [0.15, 0.2) is 0 Å². The molecule has 6 nitrogen and oxygen atoms in total. The van der Waals surface area contributed by atoms with Crippen LogP contribution in [0, 0.1) is 11.3 Å². The van der Waals surface area contributed by atoms with E-state index < -0.39 is 11.8 Å². The van der Waals surface area contributed by atoms with Crippen LogP contribution in [0.3, 0.4) is 0 Å². The number of hydrogen-bond acceptors (Lipinski definition) is 4. The predicted octanol–water partition coefficient (Wildman–Crippen LogP) is 4.41. The van der Waals surface area contributed by atoms with E-state index in [-0.39, 0.29) is 11.1 Å². The molecular weight excluding hydrogens is 412 g/mol. The molecule has 2 aromatic carbocycles. The van der Waals surface area contributed by atoms with Crippen LogP contribution in [0.5, 0.6) is 0 Å². The Labute approximate surface area is 184 Å². The molecule has 1 aliphatic rings. The monoisotopic (exact) mass is 428 g/mol. The fourth-order valence-corrected chi connectivity index (χ4v) is 3.52. The van der Waals surface area contributed by atoms with Gasteiger partial charge in [0.1, 0.15) is 11.6 Å². The molecular formula is C24H17ClN4O2. The van der Waals surface area contributed by atoms with Crippen LogP contribution in [0.4, 0.5) is 0 Å². The molecule has 2 amide bonds. The van der Waals surface area contributed by atoms with Crippen molar-refractivity contribution in [1.29, 1.82) is 5.26 Å². The van der Waals surface area contributed by atoms with Gasteiger partial charge in [0.2, 0.25) is 0 Å². The number of carbonyl (C=O) groups is 2. The molecule has 3 aromatic rings. The summed E-state index contributed by atoms with van der Waals surface area (Å²) in [6.45, 7) is 1.61. The number of nitriles is 1. The van der Waals surface area contributed by atoms with Gasteiger partial charge in [-0.3, -0.25) is 14.5 Å². The van der Waals surface area contributed by atoms with Gasteiger partial charge in [-0.1, -0.05) is 41.9 Å². The Kier molecular flexibility index (Phi) is 5.28. The summed E-state index contributed by atoms with van der Waals surface area (Å²) in [5.74, 6) is -1.06. The molecule has 0 saturated heterocycles. The van der Waals surface area contributed by atoms with Crippen LogP contribution in [-0.4, -0.2) is 33.5 Å². The molecule has 7 heteroatoms. The highest BCUT2D eigenvalue weighted by molar-refractivity contribution is 6.30. The first-order valence-corrected chi connectivity index (χ1v) is 9.85. The molecule has 0 N–H and O–H groups in total. The number of likely N-dealkylation sites (N-methyl/N-ethyl adjacent to an activating group) is 1. The number of para-hydroxylation sites is 1. The smallest absolute Gasteiger partial charge is 0.271 e. The molecule has 0 saturated carbocycles. The summed E-state index contributed by atoms with van der Waals surface area (Å²) in [4.78, 5) is 26.0. The molecule has 0 unspecified atom stereocenters. The molecule has 2 heterocycles. The van der Waals surface area contributed by atoms with E-state index in [4.69, 9.17) is 16.7 Å². The van der Waals surface area contributed by atoms with Gasteiger partial charge in [0, 0.05) is 35.0 Å². The summed E-state index contributed by atoms with van der Waals surface area (Å²) < 4.78 is 1.72. The Hall–Kier alpha value is -3.95. The third kappa shape index (κ3) is 3.67. The number of carbonyl (C=O) groups excluding carboxylic acids is 2. The minimum atomic E-state index is -0.597. The molecule has 0 radical (unpaired) electrons. The third-order valence-electron chi connectivity index (χ3n) is 5.13. The van der Waals surface area contributed by atoms with Gasteiger partial charge in [0.25, 0.3) is 11.8 Å². The summed E-state index contributed by atoms with van der Waals surface area (Å²) in [5, 5.41) is 14.7. The van der Waals surface area contributed by atoms with E-state index in [2.05, 4.69) is 0 Å². The summed E-state index contributed by atoms with van der Waals surface area (Å²) in [5.41, 5.74) is 3.58. The predicted molar refractivity (Wildman–Crippen MR) is 118 cm³/mol.